The summed E-state index contributed by atoms with van der Waals surface area (Å²) >= 11 is 0. The van der Waals surface area contributed by atoms with Crippen molar-refractivity contribution < 1.29 is 9.66 Å². The molecule has 2 saturated carbocycles. The number of hydrogen-bond donors (Lipinski definition) is 0. The molecule has 0 N–H and O–H groups in total. The van der Waals surface area contributed by atoms with Crippen LogP contribution in [0.25, 0.3) is 0 Å². The van der Waals surface area contributed by atoms with Crippen molar-refractivity contribution in [1.82, 2.24) is 0 Å². The molecule has 0 aromatic heterocycles. The Kier molecular flexibility index (Phi) is 4.51. The summed E-state index contributed by atoms with van der Waals surface area (Å²) in [5.41, 5.74) is 3.31. The van der Waals surface area contributed by atoms with Crippen molar-refractivity contribution >= 4 is 0 Å². The van der Waals surface area contributed by atoms with Crippen molar-refractivity contribution in [2.75, 3.05) is 6.61 Å². The number of hydrogen-bond acceptors (Lipinski definition) is 3. The second kappa shape index (κ2) is 6.49. The maximum absolute atomic E-state index is 11.4. The Bertz CT molecular complexity index is 749. The van der Waals surface area contributed by atoms with Gasteiger partial charge in [-0.25, -0.2) is 0 Å². The van der Waals surface area contributed by atoms with Crippen molar-refractivity contribution in [3.8, 4) is 0 Å². The molecule has 0 spiro atoms. The second-order valence-corrected chi connectivity index (χ2v) is 9.55. The van der Waals surface area contributed by atoms with Gasteiger partial charge in [-0.2, -0.15) is 0 Å². The first kappa shape index (κ1) is 18.8. The van der Waals surface area contributed by atoms with Gasteiger partial charge in [-0.1, -0.05) is 19.9 Å². The van der Waals surface area contributed by atoms with Crippen LogP contribution in [0.4, 0.5) is 0 Å². The van der Waals surface area contributed by atoms with Crippen LogP contribution in [0.2, 0.25) is 0 Å². The van der Waals surface area contributed by atoms with Crippen LogP contribution < -0.4 is 0 Å². The molecule has 0 aliphatic heterocycles. The van der Waals surface area contributed by atoms with E-state index in [-0.39, 0.29) is 15.8 Å². The minimum Gasteiger partial charge on any atom is -0.498 e. The number of allylic oxidation sites excluding steroid dienone is 6. The maximum atomic E-state index is 11.4. The largest absolute Gasteiger partial charge is 0.498 e. The van der Waals surface area contributed by atoms with E-state index in [1.807, 2.05) is 0 Å². The van der Waals surface area contributed by atoms with Gasteiger partial charge in [0.25, 0.3) is 0 Å². The lowest BCUT2D eigenvalue weighted by Crippen LogP contribution is -2.48. The predicted octanol–water partition coefficient (Wildman–Crippen LogP) is 6.03. The SMILES string of the molecule is CCOC1=CC2=CC[C@@H]3[C@H](CC[C@]4(C)C(=C(C)[N+](=O)[O-])CC[C@@H]34)[C@@]2(C)CC1. The van der Waals surface area contributed by atoms with Crippen LogP contribution in [0.5, 0.6) is 0 Å². The fraction of sp³-hybridized carbons (Fsp3) is 0.739. The Morgan fingerprint density at radius 3 is 2.67 bits per heavy atom. The maximum Gasteiger partial charge on any atom is 0.242 e. The third-order valence-corrected chi connectivity index (χ3v) is 8.56. The number of nitrogens with zero attached hydrogens (tertiary/aromatic N) is 1. The molecule has 0 bridgehead atoms. The summed E-state index contributed by atoms with van der Waals surface area (Å²) in [7, 11) is 0. The zero-order chi connectivity index (χ0) is 19.4. The Morgan fingerprint density at radius 2 is 1.96 bits per heavy atom. The smallest absolute Gasteiger partial charge is 0.242 e. The molecule has 4 aliphatic carbocycles. The lowest BCUT2D eigenvalue weighted by molar-refractivity contribution is -0.426. The Morgan fingerprint density at radius 1 is 1.22 bits per heavy atom. The molecule has 5 atom stereocenters. The van der Waals surface area contributed by atoms with E-state index in [9.17, 15) is 10.1 Å². The Hall–Kier alpha value is -1.58. The van der Waals surface area contributed by atoms with Gasteiger partial charge in [-0.05, 0) is 85.7 Å². The Labute approximate surface area is 162 Å². The van der Waals surface area contributed by atoms with Gasteiger partial charge in [0.2, 0.25) is 5.70 Å². The minimum absolute atomic E-state index is 0.0288. The van der Waals surface area contributed by atoms with E-state index in [0.29, 0.717) is 23.5 Å². The summed E-state index contributed by atoms with van der Waals surface area (Å²) < 4.78 is 5.81. The highest BCUT2D eigenvalue weighted by atomic mass is 16.6. The Balaban J connectivity index is 1.67. The second-order valence-electron chi connectivity index (χ2n) is 9.55. The molecule has 4 heteroatoms. The van der Waals surface area contributed by atoms with E-state index in [1.54, 1.807) is 6.92 Å². The van der Waals surface area contributed by atoms with Gasteiger partial charge in [-0.3, -0.25) is 10.1 Å². The number of ether oxygens (including phenoxy) is 1. The normalized spacial score (nSPS) is 42.3. The quantitative estimate of drug-likeness (QED) is 0.449. The van der Waals surface area contributed by atoms with E-state index in [4.69, 9.17) is 4.74 Å². The fourth-order valence-corrected chi connectivity index (χ4v) is 7.12. The lowest BCUT2D eigenvalue weighted by atomic mass is 9.48. The highest BCUT2D eigenvalue weighted by Gasteiger charge is 2.57. The standard InChI is InChI=1S/C23H33NO3/c1-5-27-17-10-12-22(3)16(14-17)6-7-18-20-9-8-19(15(2)24(25)26)23(20,4)13-11-21(18)22/h6,14,18,20-21H,5,7-13H2,1-4H3/t18-,20-,21-,22-,23+/m0/s1. The molecule has 4 rings (SSSR count). The third-order valence-electron chi connectivity index (χ3n) is 8.56. The van der Waals surface area contributed by atoms with Gasteiger partial charge in [0.15, 0.2) is 0 Å². The first-order valence-electron chi connectivity index (χ1n) is 10.7. The monoisotopic (exact) mass is 371 g/mol. The van der Waals surface area contributed by atoms with E-state index in [0.717, 1.165) is 50.0 Å². The van der Waals surface area contributed by atoms with Crippen LogP contribution >= 0.6 is 0 Å². The van der Waals surface area contributed by atoms with Crippen LogP contribution in [0, 0.1) is 38.7 Å². The topological polar surface area (TPSA) is 52.4 Å². The van der Waals surface area contributed by atoms with Gasteiger partial charge >= 0.3 is 0 Å². The van der Waals surface area contributed by atoms with Gasteiger partial charge in [0.1, 0.15) is 0 Å². The molecule has 27 heavy (non-hydrogen) atoms. The van der Waals surface area contributed by atoms with Gasteiger partial charge < -0.3 is 4.74 Å². The van der Waals surface area contributed by atoms with Crippen molar-refractivity contribution in [3.63, 3.8) is 0 Å². The third kappa shape index (κ3) is 2.70. The van der Waals surface area contributed by atoms with Gasteiger partial charge in [0.05, 0.1) is 17.3 Å². The summed E-state index contributed by atoms with van der Waals surface area (Å²) in [5, 5.41) is 11.4. The van der Waals surface area contributed by atoms with E-state index in [1.165, 1.54) is 18.4 Å². The number of nitro groups is 1. The molecule has 148 valence electrons. The van der Waals surface area contributed by atoms with Crippen molar-refractivity contribution in [2.24, 2.45) is 28.6 Å². The zero-order valence-corrected chi connectivity index (χ0v) is 17.2. The summed E-state index contributed by atoms with van der Waals surface area (Å²) in [4.78, 5) is 11.3. The van der Waals surface area contributed by atoms with Gasteiger partial charge in [0, 0.05) is 18.9 Å². The average molecular weight is 372 g/mol. The highest BCUT2D eigenvalue weighted by Crippen LogP contribution is 2.66. The predicted molar refractivity (Wildman–Crippen MR) is 106 cm³/mol. The lowest BCUT2D eigenvalue weighted by Gasteiger charge is -2.56. The van der Waals surface area contributed by atoms with E-state index >= 15 is 0 Å². The average Bonchev–Trinajstić information content (AvgIpc) is 2.98. The molecule has 4 nitrogen and oxygen atoms in total. The molecular formula is C23H33NO3. The molecule has 0 radical (unpaired) electrons. The summed E-state index contributed by atoms with van der Waals surface area (Å²) in [5.74, 6) is 3.10. The summed E-state index contributed by atoms with van der Waals surface area (Å²) in [6.45, 7) is 9.30. The summed E-state index contributed by atoms with van der Waals surface area (Å²) in [6, 6.07) is 0. The molecule has 0 saturated heterocycles. The van der Waals surface area contributed by atoms with Crippen molar-refractivity contribution in [1.29, 1.82) is 0 Å². The van der Waals surface area contributed by atoms with Crippen LogP contribution in [0.1, 0.15) is 72.6 Å². The molecule has 2 fully saturated rings. The molecular weight excluding hydrogens is 338 g/mol. The molecule has 0 unspecified atom stereocenters. The van der Waals surface area contributed by atoms with E-state index < -0.39 is 0 Å². The number of fused-ring (bicyclic) bond motifs is 5. The first-order valence-corrected chi connectivity index (χ1v) is 10.7. The number of rotatable bonds is 3. The fourth-order valence-electron chi connectivity index (χ4n) is 7.12. The van der Waals surface area contributed by atoms with Crippen LogP contribution in [-0.2, 0) is 4.74 Å². The summed E-state index contributed by atoms with van der Waals surface area (Å²) in [6.07, 6.45) is 12.4. The zero-order valence-electron chi connectivity index (χ0n) is 17.2. The van der Waals surface area contributed by atoms with E-state index in [2.05, 4.69) is 32.9 Å². The van der Waals surface area contributed by atoms with Crippen LogP contribution in [0.15, 0.2) is 34.8 Å². The van der Waals surface area contributed by atoms with Gasteiger partial charge in [-0.15, -0.1) is 0 Å². The minimum atomic E-state index is -0.156. The first-order chi connectivity index (χ1) is 12.8. The van der Waals surface area contributed by atoms with Crippen molar-refractivity contribution in [3.05, 3.63) is 44.9 Å². The van der Waals surface area contributed by atoms with Crippen LogP contribution in [-0.4, -0.2) is 11.5 Å². The molecule has 0 heterocycles. The molecule has 0 aromatic carbocycles. The van der Waals surface area contributed by atoms with Crippen LogP contribution in [0.3, 0.4) is 0 Å². The molecule has 0 aromatic rings. The van der Waals surface area contributed by atoms with Crippen molar-refractivity contribution in [2.45, 2.75) is 72.6 Å². The highest BCUT2D eigenvalue weighted by molar-refractivity contribution is 5.37. The molecule has 4 aliphatic rings. The molecule has 0 amide bonds.